The molecule has 0 unspecified atom stereocenters. The van der Waals surface area contributed by atoms with Crippen LogP contribution >= 0.6 is 0 Å². The van der Waals surface area contributed by atoms with Gasteiger partial charge in [-0.1, -0.05) is 30.3 Å². The highest BCUT2D eigenvalue weighted by Crippen LogP contribution is 2.38. The lowest BCUT2D eigenvalue weighted by molar-refractivity contribution is -0.137. The third-order valence-corrected chi connectivity index (χ3v) is 6.28. The number of nitrogens with two attached hydrogens (primary N) is 1. The van der Waals surface area contributed by atoms with Gasteiger partial charge in [0.05, 0.1) is 24.6 Å². The number of carbonyl (C=O) groups is 2. The molecule has 11 nitrogen and oxygen atoms in total. The SMILES string of the molecule is Nc1ncnc2c1ncn2[C@H]1[C@H](O)[C@H](CN(Cc2ccccc2)C(=O)CCCC(=O)O)C[C@@H]1O. The van der Waals surface area contributed by atoms with Crippen LogP contribution in [0, 0.1) is 5.92 Å². The van der Waals surface area contributed by atoms with Gasteiger partial charge in [-0.15, -0.1) is 0 Å². The topological polar surface area (TPSA) is 168 Å². The second-order valence-corrected chi connectivity index (χ2v) is 8.63. The molecule has 2 heterocycles. The highest BCUT2D eigenvalue weighted by molar-refractivity contribution is 5.81. The van der Waals surface area contributed by atoms with Gasteiger partial charge < -0.3 is 30.5 Å². The Morgan fingerprint density at radius 1 is 1.12 bits per heavy atom. The van der Waals surface area contributed by atoms with Gasteiger partial charge in [0.15, 0.2) is 11.5 Å². The van der Waals surface area contributed by atoms with Crippen LogP contribution in [0.3, 0.4) is 0 Å². The number of nitrogens with zero attached hydrogens (tertiary/aromatic N) is 5. The molecule has 2 aromatic heterocycles. The first kappa shape index (κ1) is 23.6. The van der Waals surface area contributed by atoms with Crippen molar-refractivity contribution < 1.29 is 24.9 Å². The second-order valence-electron chi connectivity index (χ2n) is 8.63. The molecule has 0 spiro atoms. The summed E-state index contributed by atoms with van der Waals surface area (Å²) in [6.45, 7) is 0.549. The van der Waals surface area contributed by atoms with E-state index in [-0.39, 0.29) is 44.0 Å². The number of carboxylic acid groups (broad SMARTS) is 1. The number of aliphatic hydroxyl groups excluding tert-OH is 2. The summed E-state index contributed by atoms with van der Waals surface area (Å²) in [4.78, 5) is 37.8. The van der Waals surface area contributed by atoms with Crippen LogP contribution in [-0.4, -0.2) is 70.4 Å². The van der Waals surface area contributed by atoms with E-state index in [1.54, 1.807) is 9.47 Å². The summed E-state index contributed by atoms with van der Waals surface area (Å²) in [5, 5.41) is 30.9. The van der Waals surface area contributed by atoms with Crippen molar-refractivity contribution in [2.75, 3.05) is 12.3 Å². The third-order valence-electron chi connectivity index (χ3n) is 6.28. The van der Waals surface area contributed by atoms with E-state index in [0.717, 1.165) is 5.56 Å². The van der Waals surface area contributed by atoms with Crippen molar-refractivity contribution in [1.29, 1.82) is 0 Å². The molecule has 1 amide bonds. The Morgan fingerprint density at radius 2 is 1.88 bits per heavy atom. The number of carbonyl (C=O) groups excluding carboxylic acids is 1. The molecule has 1 aliphatic carbocycles. The van der Waals surface area contributed by atoms with Crippen molar-refractivity contribution in [3.63, 3.8) is 0 Å². The molecule has 34 heavy (non-hydrogen) atoms. The minimum Gasteiger partial charge on any atom is -0.481 e. The number of imidazole rings is 1. The van der Waals surface area contributed by atoms with Crippen molar-refractivity contribution >= 4 is 28.9 Å². The number of hydrogen-bond acceptors (Lipinski definition) is 8. The molecule has 4 rings (SSSR count). The van der Waals surface area contributed by atoms with Crippen LogP contribution < -0.4 is 5.73 Å². The largest absolute Gasteiger partial charge is 0.481 e. The fourth-order valence-corrected chi connectivity index (χ4v) is 4.61. The number of nitrogen functional groups attached to an aromatic ring is 1. The Kier molecular flexibility index (Phi) is 7.03. The standard InChI is InChI=1S/C23H28N6O5/c24-22-19-23(26-12-25-22)29(13-27-19)20-16(30)9-15(21(20)34)11-28(10-14-5-2-1-3-6-14)17(31)7-4-8-18(32)33/h1-3,5-6,12-13,15-16,20-21,30,34H,4,7-11H2,(H,32,33)(H2,24,25,26)/t15-,16-,20+,21+/m0/s1. The van der Waals surface area contributed by atoms with Gasteiger partial charge in [0, 0.05) is 31.8 Å². The summed E-state index contributed by atoms with van der Waals surface area (Å²) in [6, 6.07) is 8.75. The van der Waals surface area contributed by atoms with Crippen molar-refractivity contribution in [3.8, 4) is 0 Å². The van der Waals surface area contributed by atoms with Crippen molar-refractivity contribution in [3.05, 3.63) is 48.5 Å². The molecular weight excluding hydrogens is 440 g/mol. The average Bonchev–Trinajstić information content (AvgIpc) is 3.34. The van der Waals surface area contributed by atoms with E-state index in [2.05, 4.69) is 15.0 Å². The number of benzene rings is 1. The minimum absolute atomic E-state index is 0.0869. The molecule has 4 atom stereocenters. The lowest BCUT2D eigenvalue weighted by Gasteiger charge is -2.28. The molecule has 1 aliphatic rings. The fourth-order valence-electron chi connectivity index (χ4n) is 4.61. The van der Waals surface area contributed by atoms with Gasteiger partial charge in [-0.25, -0.2) is 15.0 Å². The number of hydrogen-bond donors (Lipinski definition) is 4. The van der Waals surface area contributed by atoms with E-state index in [1.165, 1.54) is 12.7 Å². The van der Waals surface area contributed by atoms with Crippen LogP contribution in [0.1, 0.15) is 37.3 Å². The van der Waals surface area contributed by atoms with Gasteiger partial charge in [-0.2, -0.15) is 0 Å². The quantitative estimate of drug-likeness (QED) is 0.358. The van der Waals surface area contributed by atoms with Gasteiger partial charge in [-0.3, -0.25) is 9.59 Å². The molecular formula is C23H28N6O5. The predicted octanol–water partition coefficient (Wildman–Crippen LogP) is 0.975. The summed E-state index contributed by atoms with van der Waals surface area (Å²) in [7, 11) is 0. The summed E-state index contributed by atoms with van der Waals surface area (Å²) in [5.41, 5.74) is 7.60. The molecule has 1 saturated carbocycles. The molecule has 0 radical (unpaired) electrons. The zero-order valence-corrected chi connectivity index (χ0v) is 18.6. The highest BCUT2D eigenvalue weighted by Gasteiger charge is 2.44. The molecule has 11 heteroatoms. The van der Waals surface area contributed by atoms with E-state index in [1.807, 2.05) is 30.3 Å². The van der Waals surface area contributed by atoms with Crippen LogP contribution in [0.25, 0.3) is 11.2 Å². The maximum atomic E-state index is 13.0. The Hall–Kier alpha value is -3.57. The van der Waals surface area contributed by atoms with E-state index in [9.17, 15) is 19.8 Å². The first-order valence-electron chi connectivity index (χ1n) is 11.2. The molecule has 3 aromatic rings. The molecule has 180 valence electrons. The monoisotopic (exact) mass is 468 g/mol. The van der Waals surface area contributed by atoms with E-state index < -0.39 is 30.1 Å². The van der Waals surface area contributed by atoms with Gasteiger partial charge in [-0.05, 0) is 18.4 Å². The van der Waals surface area contributed by atoms with Crippen molar-refractivity contribution in [2.24, 2.45) is 5.92 Å². The summed E-state index contributed by atoms with van der Waals surface area (Å²) < 4.78 is 1.61. The zero-order chi connectivity index (χ0) is 24.2. The summed E-state index contributed by atoms with van der Waals surface area (Å²) >= 11 is 0. The number of rotatable bonds is 9. The zero-order valence-electron chi connectivity index (χ0n) is 18.6. The number of fused-ring (bicyclic) bond motifs is 1. The Bertz CT molecular complexity index is 1150. The van der Waals surface area contributed by atoms with Crippen molar-refractivity contribution in [2.45, 2.75) is 50.5 Å². The number of aliphatic carboxylic acids is 1. The number of carboxylic acids is 1. The van der Waals surface area contributed by atoms with Gasteiger partial charge in [0.2, 0.25) is 5.91 Å². The summed E-state index contributed by atoms with van der Waals surface area (Å²) in [6.07, 6.45) is 1.46. The minimum atomic E-state index is -0.964. The van der Waals surface area contributed by atoms with Crippen LogP contribution in [0.4, 0.5) is 5.82 Å². The van der Waals surface area contributed by atoms with Crippen molar-refractivity contribution in [1.82, 2.24) is 24.4 Å². The lowest BCUT2D eigenvalue weighted by atomic mass is 10.0. The summed E-state index contributed by atoms with van der Waals surface area (Å²) in [5.74, 6) is -1.33. The third kappa shape index (κ3) is 5.00. The molecule has 1 fully saturated rings. The Labute approximate surface area is 195 Å². The van der Waals surface area contributed by atoms with Crippen LogP contribution in [0.5, 0.6) is 0 Å². The molecule has 0 bridgehead atoms. The Morgan fingerprint density at radius 3 is 2.62 bits per heavy atom. The fraction of sp³-hybridized carbons (Fsp3) is 0.435. The smallest absolute Gasteiger partial charge is 0.303 e. The first-order valence-corrected chi connectivity index (χ1v) is 11.2. The maximum absolute atomic E-state index is 13.0. The number of anilines is 1. The van der Waals surface area contributed by atoms with E-state index in [0.29, 0.717) is 17.7 Å². The van der Waals surface area contributed by atoms with E-state index in [4.69, 9.17) is 10.8 Å². The molecule has 5 N–H and O–H groups in total. The van der Waals surface area contributed by atoms with Crippen LogP contribution in [0.2, 0.25) is 0 Å². The van der Waals surface area contributed by atoms with Crippen LogP contribution in [0.15, 0.2) is 43.0 Å². The normalized spacial score (nSPS) is 22.2. The second kappa shape index (κ2) is 10.1. The number of aliphatic hydroxyl groups is 2. The van der Waals surface area contributed by atoms with Gasteiger partial charge in [0.25, 0.3) is 0 Å². The maximum Gasteiger partial charge on any atom is 0.303 e. The number of aromatic nitrogens is 4. The van der Waals surface area contributed by atoms with Crippen LogP contribution in [-0.2, 0) is 16.1 Å². The average molecular weight is 469 g/mol. The van der Waals surface area contributed by atoms with E-state index >= 15 is 0 Å². The number of amides is 1. The molecule has 0 saturated heterocycles. The first-order chi connectivity index (χ1) is 16.3. The van der Waals surface area contributed by atoms with Gasteiger partial charge >= 0.3 is 5.97 Å². The van der Waals surface area contributed by atoms with Gasteiger partial charge in [0.1, 0.15) is 11.8 Å². The lowest BCUT2D eigenvalue weighted by Crippen LogP contribution is -2.38. The molecule has 1 aromatic carbocycles. The Balaban J connectivity index is 1.52. The molecule has 0 aliphatic heterocycles. The highest BCUT2D eigenvalue weighted by atomic mass is 16.4. The predicted molar refractivity (Wildman–Crippen MR) is 122 cm³/mol.